The lowest BCUT2D eigenvalue weighted by Gasteiger charge is -2.40. The van der Waals surface area contributed by atoms with Crippen molar-refractivity contribution in [2.24, 2.45) is 5.92 Å². The van der Waals surface area contributed by atoms with E-state index in [0.29, 0.717) is 30.5 Å². The van der Waals surface area contributed by atoms with Crippen molar-refractivity contribution in [1.82, 2.24) is 15.1 Å². The Balaban J connectivity index is 1.80. The molecule has 3 atom stereocenters. The summed E-state index contributed by atoms with van der Waals surface area (Å²) in [6, 6.07) is 0.826. The lowest BCUT2D eigenvalue weighted by Crippen LogP contribution is -2.51. The standard InChI is InChI=1S/C16H31N3O/c1-13-6-4-7-14(2)19(13)16(20)12-18(3)11-15-8-5-9-17-10-15/h13-15,17H,4-12H2,1-3H3. The highest BCUT2D eigenvalue weighted by Gasteiger charge is 2.29. The topological polar surface area (TPSA) is 35.6 Å². The molecule has 0 bridgehead atoms. The molecule has 1 N–H and O–H groups in total. The lowest BCUT2D eigenvalue weighted by molar-refractivity contribution is -0.138. The summed E-state index contributed by atoms with van der Waals surface area (Å²) >= 11 is 0. The first-order valence-electron chi connectivity index (χ1n) is 8.28. The van der Waals surface area contributed by atoms with Crippen LogP contribution in [0.4, 0.5) is 0 Å². The van der Waals surface area contributed by atoms with Gasteiger partial charge in [-0.1, -0.05) is 0 Å². The predicted octanol–water partition coefficient (Wildman–Crippen LogP) is 1.71. The molecule has 2 rings (SSSR count). The molecule has 0 radical (unpaired) electrons. The van der Waals surface area contributed by atoms with E-state index in [-0.39, 0.29) is 0 Å². The van der Waals surface area contributed by atoms with E-state index in [2.05, 4.69) is 36.0 Å². The number of likely N-dealkylation sites (N-methyl/N-ethyl adjacent to an activating group) is 1. The summed E-state index contributed by atoms with van der Waals surface area (Å²) in [6.45, 7) is 8.26. The van der Waals surface area contributed by atoms with Crippen LogP contribution in [0.5, 0.6) is 0 Å². The lowest BCUT2D eigenvalue weighted by atomic mass is 9.97. The van der Waals surface area contributed by atoms with Crippen LogP contribution in [0, 0.1) is 5.92 Å². The van der Waals surface area contributed by atoms with E-state index in [1.807, 2.05) is 0 Å². The zero-order valence-electron chi connectivity index (χ0n) is 13.4. The van der Waals surface area contributed by atoms with Crippen LogP contribution < -0.4 is 5.32 Å². The van der Waals surface area contributed by atoms with Crippen LogP contribution in [0.3, 0.4) is 0 Å². The second-order valence-electron chi connectivity index (χ2n) is 6.84. The molecule has 2 saturated heterocycles. The first kappa shape index (κ1) is 15.8. The highest BCUT2D eigenvalue weighted by atomic mass is 16.2. The molecule has 3 unspecified atom stereocenters. The average molecular weight is 281 g/mol. The van der Waals surface area contributed by atoms with E-state index in [4.69, 9.17) is 0 Å². The molecule has 20 heavy (non-hydrogen) atoms. The van der Waals surface area contributed by atoms with Crippen LogP contribution in [0.2, 0.25) is 0 Å². The minimum absolute atomic E-state index is 0.316. The minimum Gasteiger partial charge on any atom is -0.336 e. The molecule has 116 valence electrons. The molecule has 2 fully saturated rings. The Hall–Kier alpha value is -0.610. The van der Waals surface area contributed by atoms with Crippen molar-refractivity contribution in [3.8, 4) is 0 Å². The van der Waals surface area contributed by atoms with Crippen LogP contribution in [0.25, 0.3) is 0 Å². The van der Waals surface area contributed by atoms with Gasteiger partial charge in [0.05, 0.1) is 6.54 Å². The van der Waals surface area contributed by atoms with Crippen LogP contribution >= 0.6 is 0 Å². The molecular weight excluding hydrogens is 250 g/mol. The Bertz CT molecular complexity index is 305. The Morgan fingerprint density at radius 2 is 1.90 bits per heavy atom. The number of carbonyl (C=O) groups is 1. The number of likely N-dealkylation sites (tertiary alicyclic amines) is 1. The molecule has 0 spiro atoms. The number of carbonyl (C=O) groups excluding carboxylic acids is 1. The van der Waals surface area contributed by atoms with Crippen molar-refractivity contribution in [2.75, 3.05) is 33.2 Å². The molecule has 1 amide bonds. The second-order valence-corrected chi connectivity index (χ2v) is 6.84. The van der Waals surface area contributed by atoms with Gasteiger partial charge in [-0.3, -0.25) is 9.69 Å². The average Bonchev–Trinajstić information content (AvgIpc) is 2.39. The Kier molecular flexibility index (Phi) is 5.85. The Morgan fingerprint density at radius 1 is 1.20 bits per heavy atom. The molecular formula is C16H31N3O. The third-order valence-electron chi connectivity index (χ3n) is 4.86. The summed E-state index contributed by atoms with van der Waals surface area (Å²) in [7, 11) is 2.09. The van der Waals surface area contributed by atoms with Gasteiger partial charge in [-0.25, -0.2) is 0 Å². The fourth-order valence-corrected chi connectivity index (χ4v) is 3.81. The SMILES string of the molecule is CC1CCCC(C)N1C(=O)CN(C)CC1CCCNC1. The van der Waals surface area contributed by atoms with Gasteiger partial charge >= 0.3 is 0 Å². The van der Waals surface area contributed by atoms with Gasteiger partial charge in [0.25, 0.3) is 0 Å². The fourth-order valence-electron chi connectivity index (χ4n) is 3.81. The molecule has 0 aromatic heterocycles. The molecule has 0 aromatic rings. The fraction of sp³-hybridized carbons (Fsp3) is 0.938. The van der Waals surface area contributed by atoms with Crippen LogP contribution in [-0.4, -0.2) is 61.0 Å². The molecule has 0 aromatic carbocycles. The number of nitrogens with one attached hydrogen (secondary N) is 1. The zero-order chi connectivity index (χ0) is 14.5. The van der Waals surface area contributed by atoms with Crippen molar-refractivity contribution in [1.29, 1.82) is 0 Å². The third-order valence-corrected chi connectivity index (χ3v) is 4.86. The van der Waals surface area contributed by atoms with E-state index < -0.39 is 0 Å². The highest BCUT2D eigenvalue weighted by Crippen LogP contribution is 2.22. The smallest absolute Gasteiger partial charge is 0.237 e. The Morgan fingerprint density at radius 3 is 2.50 bits per heavy atom. The second kappa shape index (κ2) is 7.41. The number of rotatable bonds is 4. The molecule has 4 heteroatoms. The van der Waals surface area contributed by atoms with Gasteiger partial charge in [-0.2, -0.15) is 0 Å². The van der Waals surface area contributed by atoms with E-state index >= 15 is 0 Å². The maximum Gasteiger partial charge on any atom is 0.237 e. The maximum atomic E-state index is 12.5. The first-order valence-corrected chi connectivity index (χ1v) is 8.28. The number of amides is 1. The zero-order valence-corrected chi connectivity index (χ0v) is 13.4. The van der Waals surface area contributed by atoms with Gasteiger partial charge < -0.3 is 10.2 Å². The predicted molar refractivity (Wildman–Crippen MR) is 82.7 cm³/mol. The molecule has 0 saturated carbocycles. The number of hydrogen-bond acceptors (Lipinski definition) is 3. The largest absolute Gasteiger partial charge is 0.336 e. The van der Waals surface area contributed by atoms with Gasteiger partial charge in [0.2, 0.25) is 5.91 Å². The number of hydrogen-bond donors (Lipinski definition) is 1. The van der Waals surface area contributed by atoms with Gasteiger partial charge in [0.15, 0.2) is 0 Å². The summed E-state index contributed by atoms with van der Waals surface area (Å²) in [5.41, 5.74) is 0. The highest BCUT2D eigenvalue weighted by molar-refractivity contribution is 5.79. The normalized spacial score (nSPS) is 31.6. The minimum atomic E-state index is 0.316. The van der Waals surface area contributed by atoms with E-state index in [9.17, 15) is 4.79 Å². The van der Waals surface area contributed by atoms with Crippen LogP contribution in [0.1, 0.15) is 46.0 Å². The van der Waals surface area contributed by atoms with E-state index in [0.717, 1.165) is 32.5 Å². The molecule has 2 aliphatic rings. The summed E-state index contributed by atoms with van der Waals surface area (Å²) in [6.07, 6.45) is 6.14. The van der Waals surface area contributed by atoms with Crippen molar-refractivity contribution in [2.45, 2.75) is 58.0 Å². The summed E-state index contributed by atoms with van der Waals surface area (Å²) in [5.74, 6) is 1.02. The number of nitrogens with zero attached hydrogens (tertiary/aromatic N) is 2. The van der Waals surface area contributed by atoms with Crippen LogP contribution in [0.15, 0.2) is 0 Å². The summed E-state index contributed by atoms with van der Waals surface area (Å²) in [5, 5.41) is 3.45. The van der Waals surface area contributed by atoms with E-state index in [1.54, 1.807) is 0 Å². The van der Waals surface area contributed by atoms with Crippen molar-refractivity contribution >= 4 is 5.91 Å². The number of piperidine rings is 2. The van der Waals surface area contributed by atoms with Gasteiger partial charge in [-0.05, 0) is 72.0 Å². The Labute approximate surface area is 123 Å². The molecule has 0 aliphatic carbocycles. The summed E-state index contributed by atoms with van der Waals surface area (Å²) < 4.78 is 0. The molecule has 2 aliphatic heterocycles. The van der Waals surface area contributed by atoms with Gasteiger partial charge in [0, 0.05) is 18.6 Å². The maximum absolute atomic E-state index is 12.5. The molecule has 2 heterocycles. The van der Waals surface area contributed by atoms with Gasteiger partial charge in [-0.15, -0.1) is 0 Å². The monoisotopic (exact) mass is 281 g/mol. The van der Waals surface area contributed by atoms with Crippen molar-refractivity contribution < 1.29 is 4.79 Å². The molecule has 4 nitrogen and oxygen atoms in total. The third kappa shape index (κ3) is 4.19. The van der Waals surface area contributed by atoms with Gasteiger partial charge in [0.1, 0.15) is 0 Å². The van der Waals surface area contributed by atoms with Crippen molar-refractivity contribution in [3.05, 3.63) is 0 Å². The van der Waals surface area contributed by atoms with Crippen molar-refractivity contribution in [3.63, 3.8) is 0 Å². The first-order chi connectivity index (χ1) is 9.58. The summed E-state index contributed by atoms with van der Waals surface area (Å²) in [4.78, 5) is 16.9. The van der Waals surface area contributed by atoms with E-state index in [1.165, 1.54) is 19.3 Å². The quantitative estimate of drug-likeness (QED) is 0.852. The van der Waals surface area contributed by atoms with Crippen LogP contribution in [-0.2, 0) is 4.79 Å².